The molecule has 1 aliphatic rings. The fourth-order valence-corrected chi connectivity index (χ4v) is 2.82. The third-order valence-corrected chi connectivity index (χ3v) is 3.93. The SMILES string of the molecule is CCCNc1ccc(C(=O)N(CCO)C2CCCC2)cn1. The first-order valence-electron chi connectivity index (χ1n) is 7.88. The molecule has 1 aromatic rings. The molecule has 1 saturated carbocycles. The third kappa shape index (κ3) is 4.17. The van der Waals surface area contributed by atoms with Crippen LogP contribution < -0.4 is 5.32 Å². The van der Waals surface area contributed by atoms with Crippen molar-refractivity contribution in [3.8, 4) is 0 Å². The molecule has 5 nitrogen and oxygen atoms in total. The van der Waals surface area contributed by atoms with Crippen LogP contribution in [0.4, 0.5) is 5.82 Å². The molecule has 1 fully saturated rings. The highest BCUT2D eigenvalue weighted by atomic mass is 16.3. The number of hydrogen-bond donors (Lipinski definition) is 2. The number of nitrogens with one attached hydrogen (secondary N) is 1. The number of aromatic nitrogens is 1. The summed E-state index contributed by atoms with van der Waals surface area (Å²) in [5.74, 6) is 0.772. The summed E-state index contributed by atoms with van der Waals surface area (Å²) in [5.41, 5.74) is 0.595. The van der Waals surface area contributed by atoms with Crippen molar-refractivity contribution in [2.75, 3.05) is 25.0 Å². The molecule has 116 valence electrons. The molecule has 0 spiro atoms. The molecule has 1 amide bonds. The minimum atomic E-state index is -0.0227. The van der Waals surface area contributed by atoms with E-state index in [1.54, 1.807) is 6.20 Å². The van der Waals surface area contributed by atoms with Gasteiger partial charge < -0.3 is 15.3 Å². The first kappa shape index (κ1) is 15.8. The van der Waals surface area contributed by atoms with E-state index in [9.17, 15) is 9.90 Å². The second-order valence-electron chi connectivity index (χ2n) is 5.52. The monoisotopic (exact) mass is 291 g/mol. The van der Waals surface area contributed by atoms with E-state index < -0.39 is 0 Å². The Morgan fingerprint density at radius 1 is 1.43 bits per heavy atom. The average Bonchev–Trinajstić information content (AvgIpc) is 3.04. The van der Waals surface area contributed by atoms with Crippen molar-refractivity contribution in [2.45, 2.75) is 45.1 Å². The van der Waals surface area contributed by atoms with Crippen LogP contribution in [-0.2, 0) is 0 Å². The molecule has 0 aromatic carbocycles. The summed E-state index contributed by atoms with van der Waals surface area (Å²) >= 11 is 0. The Hall–Kier alpha value is -1.62. The Morgan fingerprint density at radius 3 is 2.76 bits per heavy atom. The van der Waals surface area contributed by atoms with Crippen molar-refractivity contribution in [2.24, 2.45) is 0 Å². The van der Waals surface area contributed by atoms with E-state index in [4.69, 9.17) is 0 Å². The summed E-state index contributed by atoms with van der Waals surface area (Å²) < 4.78 is 0. The van der Waals surface area contributed by atoms with E-state index in [0.717, 1.165) is 44.5 Å². The van der Waals surface area contributed by atoms with Gasteiger partial charge in [-0.05, 0) is 31.4 Å². The van der Waals surface area contributed by atoms with E-state index in [1.807, 2.05) is 17.0 Å². The van der Waals surface area contributed by atoms with Crippen molar-refractivity contribution < 1.29 is 9.90 Å². The van der Waals surface area contributed by atoms with Crippen molar-refractivity contribution in [1.82, 2.24) is 9.88 Å². The van der Waals surface area contributed by atoms with Gasteiger partial charge in [0.15, 0.2) is 0 Å². The van der Waals surface area contributed by atoms with Gasteiger partial charge in [-0.15, -0.1) is 0 Å². The number of hydrogen-bond acceptors (Lipinski definition) is 4. The molecule has 0 aliphatic heterocycles. The molecule has 0 unspecified atom stereocenters. The fraction of sp³-hybridized carbons (Fsp3) is 0.625. The van der Waals surface area contributed by atoms with Crippen LogP contribution in [0.1, 0.15) is 49.4 Å². The zero-order valence-electron chi connectivity index (χ0n) is 12.7. The second-order valence-corrected chi connectivity index (χ2v) is 5.52. The number of aliphatic hydroxyl groups excluding tert-OH is 1. The van der Waals surface area contributed by atoms with Gasteiger partial charge in [0.2, 0.25) is 0 Å². The molecule has 0 bridgehead atoms. The second kappa shape index (κ2) is 7.98. The quantitative estimate of drug-likeness (QED) is 0.809. The van der Waals surface area contributed by atoms with E-state index >= 15 is 0 Å². The smallest absolute Gasteiger partial charge is 0.255 e. The molecular formula is C16H25N3O2. The summed E-state index contributed by atoms with van der Waals surface area (Å²) in [7, 11) is 0. The van der Waals surface area contributed by atoms with E-state index in [1.165, 1.54) is 0 Å². The fourth-order valence-electron chi connectivity index (χ4n) is 2.82. The molecule has 5 heteroatoms. The van der Waals surface area contributed by atoms with Gasteiger partial charge in [-0.2, -0.15) is 0 Å². The summed E-state index contributed by atoms with van der Waals surface area (Å²) in [6.07, 6.45) is 7.06. The standard InChI is InChI=1S/C16H25N3O2/c1-2-9-17-15-8-7-13(12-18-15)16(21)19(10-11-20)14-5-3-4-6-14/h7-8,12,14,20H,2-6,9-11H2,1H3,(H,17,18). The summed E-state index contributed by atoms with van der Waals surface area (Å²) in [4.78, 5) is 18.7. The van der Waals surface area contributed by atoms with Crippen LogP contribution in [0.25, 0.3) is 0 Å². The van der Waals surface area contributed by atoms with Crippen LogP contribution in [0.5, 0.6) is 0 Å². The van der Waals surface area contributed by atoms with Crippen molar-refractivity contribution in [3.05, 3.63) is 23.9 Å². The Balaban J connectivity index is 2.05. The van der Waals surface area contributed by atoms with Crippen LogP contribution >= 0.6 is 0 Å². The lowest BCUT2D eigenvalue weighted by Crippen LogP contribution is -2.40. The highest BCUT2D eigenvalue weighted by molar-refractivity contribution is 5.94. The van der Waals surface area contributed by atoms with Gasteiger partial charge in [0.1, 0.15) is 5.82 Å². The lowest BCUT2D eigenvalue weighted by molar-refractivity contribution is 0.0637. The molecule has 1 aliphatic carbocycles. The van der Waals surface area contributed by atoms with Crippen LogP contribution in [0.3, 0.4) is 0 Å². The van der Waals surface area contributed by atoms with E-state index in [2.05, 4.69) is 17.2 Å². The molecule has 1 aromatic heterocycles. The number of nitrogens with zero attached hydrogens (tertiary/aromatic N) is 2. The van der Waals surface area contributed by atoms with Gasteiger partial charge in [0.05, 0.1) is 12.2 Å². The topological polar surface area (TPSA) is 65.5 Å². The van der Waals surface area contributed by atoms with Gasteiger partial charge in [-0.1, -0.05) is 19.8 Å². The van der Waals surface area contributed by atoms with Crippen LogP contribution in [0.15, 0.2) is 18.3 Å². The predicted molar refractivity (Wildman–Crippen MR) is 83.4 cm³/mol. The van der Waals surface area contributed by atoms with Crippen LogP contribution in [0, 0.1) is 0 Å². The number of rotatable bonds is 7. The molecule has 0 saturated heterocycles. The van der Waals surface area contributed by atoms with Gasteiger partial charge in [-0.3, -0.25) is 4.79 Å². The van der Waals surface area contributed by atoms with Gasteiger partial charge >= 0.3 is 0 Å². The number of pyridine rings is 1. The van der Waals surface area contributed by atoms with Crippen LogP contribution in [0.2, 0.25) is 0 Å². The van der Waals surface area contributed by atoms with Gasteiger partial charge in [0.25, 0.3) is 5.91 Å². The number of aliphatic hydroxyl groups is 1. The zero-order chi connectivity index (χ0) is 15.1. The lowest BCUT2D eigenvalue weighted by atomic mass is 10.1. The zero-order valence-corrected chi connectivity index (χ0v) is 12.7. The van der Waals surface area contributed by atoms with E-state index in [0.29, 0.717) is 12.1 Å². The first-order valence-corrected chi connectivity index (χ1v) is 7.88. The maximum absolute atomic E-state index is 12.6. The minimum Gasteiger partial charge on any atom is -0.395 e. The molecule has 21 heavy (non-hydrogen) atoms. The van der Waals surface area contributed by atoms with Crippen LogP contribution in [-0.4, -0.2) is 46.6 Å². The highest BCUT2D eigenvalue weighted by Gasteiger charge is 2.27. The Labute approximate surface area is 126 Å². The normalized spacial score (nSPS) is 15.1. The molecule has 2 rings (SSSR count). The minimum absolute atomic E-state index is 0.00576. The van der Waals surface area contributed by atoms with Gasteiger partial charge in [0, 0.05) is 25.3 Å². The average molecular weight is 291 g/mol. The maximum atomic E-state index is 12.6. The van der Waals surface area contributed by atoms with E-state index in [-0.39, 0.29) is 18.6 Å². The molecular weight excluding hydrogens is 266 g/mol. The Morgan fingerprint density at radius 2 is 2.19 bits per heavy atom. The number of carbonyl (C=O) groups excluding carboxylic acids is 1. The molecule has 2 N–H and O–H groups in total. The number of carbonyl (C=O) groups is 1. The lowest BCUT2D eigenvalue weighted by Gasteiger charge is -2.28. The largest absolute Gasteiger partial charge is 0.395 e. The first-order chi connectivity index (χ1) is 10.3. The number of anilines is 1. The number of amides is 1. The van der Waals surface area contributed by atoms with Crippen molar-refractivity contribution in [1.29, 1.82) is 0 Å². The summed E-state index contributed by atoms with van der Waals surface area (Å²) in [6.45, 7) is 3.38. The van der Waals surface area contributed by atoms with Crippen molar-refractivity contribution in [3.63, 3.8) is 0 Å². The Kier molecular flexibility index (Phi) is 5.99. The molecule has 0 atom stereocenters. The Bertz CT molecular complexity index is 441. The highest BCUT2D eigenvalue weighted by Crippen LogP contribution is 2.24. The summed E-state index contributed by atoms with van der Waals surface area (Å²) in [5, 5.41) is 12.4. The van der Waals surface area contributed by atoms with Gasteiger partial charge in [-0.25, -0.2) is 4.98 Å². The summed E-state index contributed by atoms with van der Waals surface area (Å²) in [6, 6.07) is 3.92. The molecule has 1 heterocycles. The third-order valence-electron chi connectivity index (χ3n) is 3.93. The maximum Gasteiger partial charge on any atom is 0.255 e. The predicted octanol–water partition coefficient (Wildman–Crippen LogP) is 2.28. The van der Waals surface area contributed by atoms with Crippen molar-refractivity contribution >= 4 is 11.7 Å². The molecule has 0 radical (unpaired) electrons.